The molecule has 120 valence electrons. The van der Waals surface area contributed by atoms with E-state index in [0.29, 0.717) is 22.6 Å². The molecule has 0 saturated carbocycles. The zero-order valence-corrected chi connectivity index (χ0v) is 12.9. The second kappa shape index (κ2) is 7.06. The van der Waals surface area contributed by atoms with E-state index in [4.69, 9.17) is 9.15 Å². The lowest BCUT2D eigenvalue weighted by Gasteiger charge is -2.06. The van der Waals surface area contributed by atoms with Gasteiger partial charge in [-0.25, -0.2) is 10.3 Å². The van der Waals surface area contributed by atoms with Gasteiger partial charge in [-0.1, -0.05) is 12.1 Å². The van der Waals surface area contributed by atoms with Crippen molar-refractivity contribution in [2.45, 2.75) is 0 Å². The highest BCUT2D eigenvalue weighted by atomic mass is 32.1. The largest absolute Gasteiger partial charge is 0.465 e. The molecule has 3 rings (SSSR count). The van der Waals surface area contributed by atoms with E-state index >= 15 is 0 Å². The maximum atomic E-state index is 11.9. The number of rotatable bonds is 5. The number of nitrogens with one attached hydrogen (secondary N) is 1. The first-order valence-corrected chi connectivity index (χ1v) is 7.05. The molecule has 0 radical (unpaired) electrons. The Hall–Kier alpha value is -2.99. The number of furan rings is 1. The van der Waals surface area contributed by atoms with E-state index in [-0.39, 0.29) is 11.3 Å². The second-order valence-corrected chi connectivity index (χ2v) is 4.76. The van der Waals surface area contributed by atoms with Crippen molar-refractivity contribution in [3.05, 3.63) is 65.3 Å². The molecule has 1 aliphatic heterocycles. The van der Waals surface area contributed by atoms with Crippen LogP contribution in [-0.4, -0.2) is 5.97 Å². The number of nitrogens with zero attached hydrogens (tertiary/aromatic N) is 1. The fourth-order valence-electron chi connectivity index (χ4n) is 2.19. The molecule has 8 heteroatoms. The van der Waals surface area contributed by atoms with Crippen molar-refractivity contribution in [2.75, 3.05) is 5.48 Å². The Morgan fingerprint density at radius 2 is 2.04 bits per heavy atom. The zero-order chi connectivity index (χ0) is 16.9. The van der Waals surface area contributed by atoms with Crippen LogP contribution in [0.1, 0.15) is 11.3 Å². The molecule has 0 saturated heterocycles. The van der Waals surface area contributed by atoms with Crippen LogP contribution in [0.25, 0.3) is 11.6 Å². The van der Waals surface area contributed by atoms with Crippen LogP contribution in [0.15, 0.2) is 58.4 Å². The Morgan fingerprint density at radius 1 is 1.25 bits per heavy atom. The number of ether oxygens (including phenoxy) is 1. The number of carbonyl (C=O) groups is 1. The minimum atomic E-state index is -0.695. The molecule has 0 spiro atoms. The first-order valence-electron chi connectivity index (χ1n) is 6.68. The number of thiol groups is 1. The summed E-state index contributed by atoms with van der Waals surface area (Å²) in [6.07, 6.45) is 3.06. The Balaban J connectivity index is 1.99. The van der Waals surface area contributed by atoms with Gasteiger partial charge >= 0.3 is 5.97 Å². The average Bonchev–Trinajstić information content (AvgIpc) is 3.21. The third kappa shape index (κ3) is 3.18. The Morgan fingerprint density at radius 3 is 2.67 bits per heavy atom. The van der Waals surface area contributed by atoms with Gasteiger partial charge in [0.05, 0.1) is 12.0 Å². The summed E-state index contributed by atoms with van der Waals surface area (Å²) in [4.78, 5) is 16.4. The molecule has 1 aliphatic rings. The van der Waals surface area contributed by atoms with E-state index in [9.17, 15) is 10.1 Å². The smallest absolute Gasteiger partial charge is 0.355 e. The zero-order valence-electron chi connectivity index (χ0n) is 12.1. The van der Waals surface area contributed by atoms with Gasteiger partial charge < -0.3 is 9.15 Å². The highest BCUT2D eigenvalue weighted by molar-refractivity contribution is 7.74. The summed E-state index contributed by atoms with van der Waals surface area (Å²) in [5.41, 5.74) is 4.04. The van der Waals surface area contributed by atoms with Crippen molar-refractivity contribution in [3.8, 4) is 6.07 Å². The summed E-state index contributed by atoms with van der Waals surface area (Å²) < 4.78 is 14.6. The SMILES string of the molecule is N#CC1=C(c2ccc(NOOS)cc2)C(=Cc2ccco2)OC1=O. The molecule has 0 fully saturated rings. The monoisotopic (exact) mass is 342 g/mol. The number of esters is 1. The van der Waals surface area contributed by atoms with E-state index in [2.05, 4.69) is 27.7 Å². The van der Waals surface area contributed by atoms with Crippen molar-refractivity contribution in [1.82, 2.24) is 0 Å². The van der Waals surface area contributed by atoms with Crippen LogP contribution < -0.4 is 5.48 Å². The van der Waals surface area contributed by atoms with E-state index in [0.717, 1.165) is 0 Å². The number of hydrogen-bond acceptors (Lipinski definition) is 8. The van der Waals surface area contributed by atoms with Crippen molar-refractivity contribution in [1.29, 1.82) is 5.26 Å². The van der Waals surface area contributed by atoms with E-state index in [1.165, 1.54) is 6.26 Å². The van der Waals surface area contributed by atoms with Crippen molar-refractivity contribution in [2.24, 2.45) is 0 Å². The highest BCUT2D eigenvalue weighted by Gasteiger charge is 2.31. The molecule has 2 aromatic rings. The molecule has 1 aromatic heterocycles. The third-order valence-electron chi connectivity index (χ3n) is 3.20. The first-order chi connectivity index (χ1) is 11.7. The molecule has 0 amide bonds. The number of cyclic esters (lactones) is 1. The van der Waals surface area contributed by atoms with Crippen molar-refractivity contribution in [3.63, 3.8) is 0 Å². The van der Waals surface area contributed by atoms with Crippen molar-refractivity contribution >= 4 is 36.2 Å². The quantitative estimate of drug-likeness (QED) is 0.283. The first kappa shape index (κ1) is 15.9. The van der Waals surface area contributed by atoms with Gasteiger partial charge in [0.25, 0.3) is 0 Å². The summed E-state index contributed by atoms with van der Waals surface area (Å²) in [7, 11) is 0. The topological polar surface area (TPSA) is 93.7 Å². The highest BCUT2D eigenvalue weighted by Crippen LogP contribution is 2.36. The summed E-state index contributed by atoms with van der Waals surface area (Å²) in [5, 5.41) is 9.27. The number of nitriles is 1. The molecule has 24 heavy (non-hydrogen) atoms. The van der Waals surface area contributed by atoms with Gasteiger partial charge in [-0.2, -0.15) is 5.26 Å². The van der Waals surface area contributed by atoms with Crippen LogP contribution in [0.4, 0.5) is 5.69 Å². The summed E-state index contributed by atoms with van der Waals surface area (Å²) in [5.74, 6) is 0.0635. The van der Waals surface area contributed by atoms with Crippen LogP contribution in [0, 0.1) is 11.3 Å². The van der Waals surface area contributed by atoms with Gasteiger partial charge in [0.15, 0.2) is 0 Å². The fourth-order valence-corrected chi connectivity index (χ4v) is 2.23. The number of anilines is 1. The Labute approximate surface area is 142 Å². The van der Waals surface area contributed by atoms with Crippen LogP contribution >= 0.6 is 12.9 Å². The van der Waals surface area contributed by atoms with Gasteiger partial charge in [-0.3, -0.25) is 0 Å². The molecule has 0 atom stereocenters. The molecular weight excluding hydrogens is 332 g/mol. The molecule has 0 unspecified atom stereocenters. The Kier molecular flexibility index (Phi) is 4.67. The maximum Gasteiger partial charge on any atom is 0.355 e. The van der Waals surface area contributed by atoms with Crippen LogP contribution in [0.5, 0.6) is 0 Å². The predicted molar refractivity (Wildman–Crippen MR) is 86.5 cm³/mol. The van der Waals surface area contributed by atoms with Gasteiger partial charge in [-0.05, 0) is 29.8 Å². The molecule has 0 bridgehead atoms. The van der Waals surface area contributed by atoms with Crippen LogP contribution in [0.2, 0.25) is 0 Å². The predicted octanol–water partition coefficient (Wildman–Crippen LogP) is 3.27. The second-order valence-electron chi connectivity index (χ2n) is 4.61. The lowest BCUT2D eigenvalue weighted by Crippen LogP contribution is -1.97. The number of hydrogen-bond donors (Lipinski definition) is 2. The van der Waals surface area contributed by atoms with Gasteiger partial charge in [0.1, 0.15) is 23.2 Å². The molecular formula is C16H10N2O5S. The van der Waals surface area contributed by atoms with Crippen LogP contribution in [-0.2, 0) is 18.9 Å². The minimum absolute atomic E-state index is 0.0662. The van der Waals surface area contributed by atoms with E-state index in [1.807, 2.05) is 6.07 Å². The third-order valence-corrected chi connectivity index (χ3v) is 3.28. The van der Waals surface area contributed by atoms with Crippen LogP contribution in [0.3, 0.4) is 0 Å². The maximum absolute atomic E-state index is 11.9. The molecule has 2 heterocycles. The number of allylic oxidation sites excluding steroid dienone is 1. The fraction of sp³-hybridized carbons (Fsp3) is 0. The molecule has 0 aliphatic carbocycles. The summed E-state index contributed by atoms with van der Waals surface area (Å²) in [6.45, 7) is 0. The molecule has 7 nitrogen and oxygen atoms in total. The van der Waals surface area contributed by atoms with E-state index in [1.54, 1.807) is 42.5 Å². The number of carbonyl (C=O) groups excluding carboxylic acids is 1. The van der Waals surface area contributed by atoms with Crippen molar-refractivity contribution < 1.29 is 23.3 Å². The number of benzene rings is 1. The normalized spacial score (nSPS) is 15.5. The lowest BCUT2D eigenvalue weighted by molar-refractivity contribution is -0.158. The lowest BCUT2D eigenvalue weighted by atomic mass is 9.99. The average molecular weight is 342 g/mol. The van der Waals surface area contributed by atoms with Gasteiger partial charge in [-0.15, -0.1) is 9.32 Å². The van der Waals surface area contributed by atoms with E-state index < -0.39 is 5.97 Å². The molecule has 1 N–H and O–H groups in total. The van der Waals surface area contributed by atoms with Gasteiger partial charge in [0, 0.05) is 24.6 Å². The standard InChI is InChI=1S/C16H10N2O5S/c17-9-13-15(10-3-5-11(6-4-10)18-22-23-24)14(21-16(13)19)8-12-2-1-7-20-12/h1-8,18,24H. The summed E-state index contributed by atoms with van der Waals surface area (Å²) >= 11 is 3.43. The molecule has 1 aromatic carbocycles. The minimum Gasteiger partial charge on any atom is -0.465 e. The Bertz CT molecular complexity index is 848. The van der Waals surface area contributed by atoms with Gasteiger partial charge in [0.2, 0.25) is 0 Å². The summed E-state index contributed by atoms with van der Waals surface area (Å²) in [6, 6.07) is 12.1.